The molecule has 1 N–H and O–H groups in total. The molecular weight excluding hydrogens is 493 g/mol. The molecule has 0 unspecified atom stereocenters. The van der Waals surface area contributed by atoms with Crippen molar-refractivity contribution in [1.29, 1.82) is 5.26 Å². The second-order valence-electron chi connectivity index (χ2n) is 9.59. The molecule has 0 radical (unpaired) electrons. The third kappa shape index (κ3) is 4.47. The number of anilines is 3. The maximum absolute atomic E-state index is 13.9. The van der Waals surface area contributed by atoms with Crippen LogP contribution in [-0.4, -0.2) is 22.4 Å². The van der Waals surface area contributed by atoms with E-state index in [0.29, 0.717) is 12.8 Å². The van der Waals surface area contributed by atoms with Crippen LogP contribution < -0.4 is 10.2 Å². The van der Waals surface area contributed by atoms with Gasteiger partial charge in [-0.3, -0.25) is 4.79 Å². The van der Waals surface area contributed by atoms with E-state index in [4.69, 9.17) is 5.26 Å². The van der Waals surface area contributed by atoms with Gasteiger partial charge >= 0.3 is 12.2 Å². The number of amides is 3. The Labute approximate surface area is 218 Å². The van der Waals surface area contributed by atoms with Crippen molar-refractivity contribution in [2.75, 3.05) is 10.2 Å². The Balaban J connectivity index is 1.54. The molecule has 3 aromatic carbocycles. The molecule has 0 aromatic heterocycles. The third-order valence-electron chi connectivity index (χ3n) is 7.31. The van der Waals surface area contributed by atoms with Crippen molar-refractivity contribution < 1.29 is 22.8 Å². The molecule has 9 heteroatoms. The minimum Gasteiger partial charge on any atom is -0.355 e. The Morgan fingerprint density at radius 3 is 2.29 bits per heavy atom. The number of imide groups is 1. The molecule has 2 fully saturated rings. The van der Waals surface area contributed by atoms with E-state index in [-0.39, 0.29) is 12.2 Å². The lowest BCUT2D eigenvalue weighted by atomic mass is 9.80. The molecule has 38 heavy (non-hydrogen) atoms. The maximum Gasteiger partial charge on any atom is 0.417 e. The zero-order valence-corrected chi connectivity index (χ0v) is 20.5. The van der Waals surface area contributed by atoms with E-state index >= 15 is 0 Å². The molecule has 3 aromatic rings. The maximum atomic E-state index is 13.9. The average Bonchev–Trinajstić information content (AvgIpc) is 3.10. The predicted octanol–water partition coefficient (Wildman–Crippen LogP) is 6.99. The Bertz CT molecular complexity index is 1410. The molecule has 0 bridgehead atoms. The van der Waals surface area contributed by atoms with Gasteiger partial charge < -0.3 is 10.2 Å². The van der Waals surface area contributed by atoms with Crippen LogP contribution in [0.5, 0.6) is 0 Å². The lowest BCUT2D eigenvalue weighted by molar-refractivity contribution is -0.137. The fourth-order valence-electron chi connectivity index (χ4n) is 5.41. The molecule has 1 saturated carbocycles. The predicted molar refractivity (Wildman–Crippen MR) is 137 cm³/mol. The van der Waals surface area contributed by atoms with E-state index in [9.17, 15) is 22.8 Å². The van der Waals surface area contributed by atoms with E-state index in [2.05, 4.69) is 5.32 Å². The van der Waals surface area contributed by atoms with Crippen LogP contribution in [0.15, 0.2) is 72.8 Å². The monoisotopic (exact) mass is 518 g/mol. The van der Waals surface area contributed by atoms with Crippen LogP contribution in [0.4, 0.5) is 35.0 Å². The largest absolute Gasteiger partial charge is 0.417 e. The van der Waals surface area contributed by atoms with Crippen molar-refractivity contribution >= 4 is 29.0 Å². The number of alkyl halides is 3. The van der Waals surface area contributed by atoms with Crippen LogP contribution in [0.25, 0.3) is 0 Å². The summed E-state index contributed by atoms with van der Waals surface area (Å²) in [6.45, 7) is 0.111. The van der Waals surface area contributed by atoms with E-state index in [1.165, 1.54) is 11.0 Å². The van der Waals surface area contributed by atoms with Gasteiger partial charge in [-0.05, 0) is 54.8 Å². The molecule has 0 atom stereocenters. The van der Waals surface area contributed by atoms with Gasteiger partial charge in [0.1, 0.15) is 5.54 Å². The number of rotatable bonds is 5. The number of carbonyl (C=O) groups excluding carboxylic acids is 2. The third-order valence-corrected chi connectivity index (χ3v) is 7.31. The number of carbonyl (C=O) groups is 2. The summed E-state index contributed by atoms with van der Waals surface area (Å²) in [6, 6.07) is 20.8. The zero-order valence-electron chi connectivity index (χ0n) is 20.5. The van der Waals surface area contributed by atoms with Crippen molar-refractivity contribution in [2.24, 2.45) is 0 Å². The highest BCUT2D eigenvalue weighted by Gasteiger charge is 2.57. The second kappa shape index (κ2) is 9.86. The van der Waals surface area contributed by atoms with Gasteiger partial charge in [0.05, 0.1) is 29.4 Å². The van der Waals surface area contributed by atoms with Gasteiger partial charge in [-0.1, -0.05) is 55.7 Å². The zero-order chi connectivity index (χ0) is 26.9. The number of nitrogens with one attached hydrogen (secondary N) is 1. The number of nitriles is 1. The summed E-state index contributed by atoms with van der Waals surface area (Å²) in [5.41, 5.74) is -0.663. The van der Waals surface area contributed by atoms with Crippen LogP contribution in [-0.2, 0) is 17.5 Å². The summed E-state index contributed by atoms with van der Waals surface area (Å²) >= 11 is 0. The lowest BCUT2D eigenvalue weighted by Crippen LogP contribution is -2.50. The minimum absolute atomic E-state index is 0.111. The van der Waals surface area contributed by atoms with Gasteiger partial charge in [-0.25, -0.2) is 9.69 Å². The molecule has 2 aliphatic rings. The molecule has 1 spiro atoms. The number of urea groups is 1. The van der Waals surface area contributed by atoms with E-state index < -0.39 is 34.8 Å². The first-order valence-electron chi connectivity index (χ1n) is 12.4. The van der Waals surface area contributed by atoms with Gasteiger partial charge in [0.25, 0.3) is 5.91 Å². The molecule has 1 saturated heterocycles. The van der Waals surface area contributed by atoms with Gasteiger partial charge in [0.15, 0.2) is 0 Å². The molecule has 3 amide bonds. The highest BCUT2D eigenvalue weighted by molar-refractivity contribution is 6.23. The molecule has 194 valence electrons. The molecule has 1 aliphatic carbocycles. The van der Waals surface area contributed by atoms with Gasteiger partial charge in [0.2, 0.25) is 0 Å². The van der Waals surface area contributed by atoms with E-state index in [1.54, 1.807) is 6.07 Å². The number of halogens is 3. The van der Waals surface area contributed by atoms with Crippen molar-refractivity contribution in [3.8, 4) is 6.07 Å². The highest BCUT2D eigenvalue weighted by atomic mass is 19.4. The Hall–Kier alpha value is -4.32. The van der Waals surface area contributed by atoms with Gasteiger partial charge in [-0.15, -0.1) is 0 Å². The first kappa shape index (κ1) is 25.3. The molecule has 1 heterocycles. The normalized spacial score (nSPS) is 17.1. The smallest absolute Gasteiger partial charge is 0.355 e. The number of benzene rings is 3. The van der Waals surface area contributed by atoms with Crippen LogP contribution in [0.1, 0.15) is 48.8 Å². The summed E-state index contributed by atoms with van der Waals surface area (Å²) in [5.74, 6) is -0.520. The van der Waals surface area contributed by atoms with Gasteiger partial charge in [-0.2, -0.15) is 18.4 Å². The van der Waals surface area contributed by atoms with Gasteiger partial charge in [0, 0.05) is 11.4 Å². The number of para-hydroxylation sites is 2. The lowest BCUT2D eigenvalue weighted by Gasteiger charge is -2.38. The fraction of sp³-hybridized carbons (Fsp3) is 0.276. The molecular formula is C29H25F3N4O2. The summed E-state index contributed by atoms with van der Waals surface area (Å²) in [7, 11) is 0. The van der Waals surface area contributed by atoms with Crippen LogP contribution >= 0.6 is 0 Å². The average molecular weight is 519 g/mol. The standard InChI is InChI=1S/C29H25F3N4O2/c30-29(31,32)24-17-23(14-13-20(24)18-33)36-26(37)28(15-7-2-8-16-28)35(27(36)38)19-21-9-5-6-12-25(21)34-22-10-3-1-4-11-22/h1,3-6,9-14,17,34H,2,7-8,15-16,19H2. The summed E-state index contributed by atoms with van der Waals surface area (Å²) in [6.07, 6.45) is -1.56. The summed E-state index contributed by atoms with van der Waals surface area (Å²) in [5, 5.41) is 12.5. The topological polar surface area (TPSA) is 76.4 Å². The molecule has 6 nitrogen and oxygen atoms in total. The van der Waals surface area contributed by atoms with Crippen molar-refractivity contribution in [3.63, 3.8) is 0 Å². The Morgan fingerprint density at radius 2 is 1.61 bits per heavy atom. The number of hydrogen-bond acceptors (Lipinski definition) is 4. The number of nitrogens with zero attached hydrogens (tertiary/aromatic N) is 3. The van der Waals surface area contributed by atoms with Crippen LogP contribution in [0.3, 0.4) is 0 Å². The first-order valence-corrected chi connectivity index (χ1v) is 12.4. The van der Waals surface area contributed by atoms with Crippen molar-refractivity contribution in [2.45, 2.75) is 50.4 Å². The SMILES string of the molecule is N#Cc1ccc(N2C(=O)N(Cc3ccccc3Nc3ccccc3)C3(CCCCC3)C2=O)cc1C(F)(F)F. The Kier molecular flexibility index (Phi) is 6.57. The quantitative estimate of drug-likeness (QED) is 0.369. The first-order chi connectivity index (χ1) is 18.2. The second-order valence-corrected chi connectivity index (χ2v) is 9.59. The fourth-order valence-corrected chi connectivity index (χ4v) is 5.41. The Morgan fingerprint density at radius 1 is 0.921 bits per heavy atom. The minimum atomic E-state index is -4.81. The van der Waals surface area contributed by atoms with E-state index in [1.807, 2.05) is 54.6 Å². The number of hydrogen-bond donors (Lipinski definition) is 1. The molecule has 5 rings (SSSR count). The summed E-state index contributed by atoms with van der Waals surface area (Å²) < 4.78 is 41.0. The van der Waals surface area contributed by atoms with Crippen molar-refractivity contribution in [1.82, 2.24) is 4.90 Å². The van der Waals surface area contributed by atoms with E-state index in [0.717, 1.165) is 53.2 Å². The van der Waals surface area contributed by atoms with Crippen LogP contribution in [0, 0.1) is 11.3 Å². The summed E-state index contributed by atoms with van der Waals surface area (Å²) in [4.78, 5) is 30.1. The van der Waals surface area contributed by atoms with Crippen LogP contribution in [0.2, 0.25) is 0 Å². The molecule has 1 aliphatic heterocycles. The van der Waals surface area contributed by atoms with Crippen molar-refractivity contribution in [3.05, 3.63) is 89.5 Å². The highest BCUT2D eigenvalue weighted by Crippen LogP contribution is 2.44.